The number of carbonyl (C=O) groups excluding carboxylic acids is 1. The van der Waals surface area contributed by atoms with Crippen LogP contribution in [0.2, 0.25) is 5.02 Å². The van der Waals surface area contributed by atoms with Crippen LogP contribution in [0.25, 0.3) is 0 Å². The molecule has 1 aromatic carbocycles. The van der Waals surface area contributed by atoms with E-state index in [0.717, 1.165) is 35.3 Å². The molecule has 3 atom stereocenters. The Kier molecular flexibility index (Phi) is 4.23. The number of carbonyl (C=O) groups is 1. The van der Waals surface area contributed by atoms with Crippen LogP contribution < -0.4 is 5.32 Å². The van der Waals surface area contributed by atoms with Crippen molar-refractivity contribution >= 4 is 17.5 Å². The van der Waals surface area contributed by atoms with Gasteiger partial charge in [-0.1, -0.05) is 23.7 Å². The Bertz CT molecular complexity index is 821. The van der Waals surface area contributed by atoms with Crippen molar-refractivity contribution in [3.8, 4) is 0 Å². The lowest BCUT2D eigenvalue weighted by atomic mass is 9.43. The molecule has 1 N–H and O–H groups in total. The summed E-state index contributed by atoms with van der Waals surface area (Å²) in [5.74, 6) is 2.64. The third-order valence-corrected chi connectivity index (χ3v) is 7.45. The molecule has 140 valence electrons. The molecule has 27 heavy (non-hydrogen) atoms. The van der Waals surface area contributed by atoms with E-state index in [1.165, 1.54) is 24.8 Å². The number of pyridine rings is 1. The van der Waals surface area contributed by atoms with Crippen molar-refractivity contribution < 1.29 is 4.79 Å². The molecule has 4 fully saturated rings. The van der Waals surface area contributed by atoms with Gasteiger partial charge in [-0.25, -0.2) is 0 Å². The summed E-state index contributed by atoms with van der Waals surface area (Å²) in [6.07, 6.45) is 9.52. The summed E-state index contributed by atoms with van der Waals surface area (Å²) < 4.78 is 0. The molecule has 4 bridgehead atoms. The minimum Gasteiger partial charge on any atom is -0.352 e. The summed E-state index contributed by atoms with van der Waals surface area (Å²) in [5, 5.41) is 4.04. The van der Waals surface area contributed by atoms with Gasteiger partial charge in [0.25, 0.3) is 0 Å². The van der Waals surface area contributed by atoms with E-state index in [4.69, 9.17) is 11.6 Å². The number of nitrogens with one attached hydrogen (secondary N) is 1. The molecule has 2 aromatic rings. The lowest BCUT2D eigenvalue weighted by Crippen LogP contribution is -2.57. The third kappa shape index (κ3) is 2.97. The van der Waals surface area contributed by atoms with Crippen molar-refractivity contribution in [3.05, 3.63) is 64.9 Å². The Morgan fingerprint density at radius 1 is 1.04 bits per heavy atom. The number of hydrogen-bond donors (Lipinski definition) is 1. The highest BCUT2D eigenvalue weighted by Gasteiger charge is 2.60. The van der Waals surface area contributed by atoms with Gasteiger partial charge in [0.05, 0.1) is 5.41 Å². The number of amides is 1. The number of aromatic nitrogens is 1. The molecule has 0 radical (unpaired) electrons. The van der Waals surface area contributed by atoms with Crippen LogP contribution in [0.3, 0.4) is 0 Å². The first kappa shape index (κ1) is 17.2. The maximum Gasteiger partial charge on any atom is 0.227 e. The molecule has 6 rings (SSSR count). The SMILES string of the molecule is O=C(NCc1ccncc1)C12CC3CC(CC(C3)C1c1ccc(Cl)cc1)C2. The molecule has 4 aliphatic rings. The smallest absolute Gasteiger partial charge is 0.227 e. The predicted molar refractivity (Wildman–Crippen MR) is 106 cm³/mol. The first-order valence-electron chi connectivity index (χ1n) is 10.1. The summed E-state index contributed by atoms with van der Waals surface area (Å²) in [6.45, 7) is 0.580. The second kappa shape index (κ2) is 6.63. The van der Waals surface area contributed by atoms with E-state index in [0.29, 0.717) is 18.4 Å². The fourth-order valence-electron chi connectivity index (χ4n) is 6.49. The van der Waals surface area contributed by atoms with Gasteiger partial charge < -0.3 is 5.32 Å². The Hall–Kier alpha value is -1.87. The quantitative estimate of drug-likeness (QED) is 0.814. The van der Waals surface area contributed by atoms with Crippen LogP contribution in [0.5, 0.6) is 0 Å². The maximum absolute atomic E-state index is 13.6. The minimum atomic E-state index is -0.254. The zero-order valence-corrected chi connectivity index (χ0v) is 16.2. The molecule has 4 heteroatoms. The summed E-state index contributed by atoms with van der Waals surface area (Å²) in [5.41, 5.74) is 2.14. The van der Waals surface area contributed by atoms with E-state index in [2.05, 4.69) is 22.4 Å². The first-order valence-corrected chi connectivity index (χ1v) is 10.4. The number of rotatable bonds is 4. The van der Waals surface area contributed by atoms with Crippen LogP contribution in [0.1, 0.15) is 49.1 Å². The molecule has 4 aliphatic carbocycles. The highest BCUT2D eigenvalue weighted by molar-refractivity contribution is 6.30. The molecule has 1 aromatic heterocycles. The van der Waals surface area contributed by atoms with E-state index < -0.39 is 0 Å². The Morgan fingerprint density at radius 3 is 2.37 bits per heavy atom. The molecule has 4 saturated carbocycles. The van der Waals surface area contributed by atoms with Gasteiger partial charge in [-0.2, -0.15) is 0 Å². The number of halogens is 1. The summed E-state index contributed by atoms with van der Waals surface area (Å²) in [6, 6.07) is 12.2. The lowest BCUT2D eigenvalue weighted by Gasteiger charge is -2.60. The summed E-state index contributed by atoms with van der Waals surface area (Å²) >= 11 is 6.13. The van der Waals surface area contributed by atoms with E-state index in [9.17, 15) is 4.79 Å². The summed E-state index contributed by atoms with van der Waals surface area (Å²) in [7, 11) is 0. The minimum absolute atomic E-state index is 0.248. The van der Waals surface area contributed by atoms with Gasteiger partial charge in [-0.3, -0.25) is 9.78 Å². The van der Waals surface area contributed by atoms with E-state index in [1.807, 2.05) is 24.3 Å². The van der Waals surface area contributed by atoms with Crippen molar-refractivity contribution in [1.29, 1.82) is 0 Å². The zero-order valence-electron chi connectivity index (χ0n) is 15.4. The van der Waals surface area contributed by atoms with Crippen LogP contribution in [0, 0.1) is 23.2 Å². The molecule has 0 saturated heterocycles. The molecule has 3 nitrogen and oxygen atoms in total. The highest BCUT2D eigenvalue weighted by atomic mass is 35.5. The van der Waals surface area contributed by atoms with Crippen LogP contribution in [0.15, 0.2) is 48.8 Å². The second-order valence-electron chi connectivity index (χ2n) is 8.83. The van der Waals surface area contributed by atoms with Crippen molar-refractivity contribution in [3.63, 3.8) is 0 Å². The standard InChI is InChI=1S/C23H25ClN2O/c24-20-3-1-18(2-4-20)21-19-10-16-9-17(11-19)13-23(21,12-16)22(27)26-14-15-5-7-25-8-6-15/h1-8,16-17,19,21H,9-14H2,(H,26,27). The van der Waals surface area contributed by atoms with Gasteiger partial charge >= 0.3 is 0 Å². The molecule has 1 amide bonds. The van der Waals surface area contributed by atoms with Crippen LogP contribution in [0.4, 0.5) is 0 Å². The van der Waals surface area contributed by atoms with Crippen molar-refractivity contribution in [2.24, 2.45) is 23.2 Å². The average molecular weight is 381 g/mol. The molecule has 0 aliphatic heterocycles. The Morgan fingerprint density at radius 2 is 1.70 bits per heavy atom. The topological polar surface area (TPSA) is 42.0 Å². The number of nitrogens with zero attached hydrogens (tertiary/aromatic N) is 1. The van der Waals surface area contributed by atoms with Crippen molar-refractivity contribution in [1.82, 2.24) is 10.3 Å². The average Bonchev–Trinajstić information content (AvgIpc) is 2.67. The van der Waals surface area contributed by atoms with Gasteiger partial charge in [0.2, 0.25) is 5.91 Å². The van der Waals surface area contributed by atoms with Gasteiger partial charge in [-0.15, -0.1) is 0 Å². The maximum atomic E-state index is 13.6. The fourth-order valence-corrected chi connectivity index (χ4v) is 6.61. The third-order valence-electron chi connectivity index (χ3n) is 7.20. The lowest BCUT2D eigenvalue weighted by molar-refractivity contribution is -0.151. The van der Waals surface area contributed by atoms with Gasteiger partial charge in [0, 0.05) is 29.9 Å². The van der Waals surface area contributed by atoms with Gasteiger partial charge in [-0.05, 0) is 85.3 Å². The first-order chi connectivity index (χ1) is 13.1. The molecule has 0 spiro atoms. The van der Waals surface area contributed by atoms with Crippen LogP contribution in [-0.2, 0) is 11.3 Å². The second-order valence-corrected chi connectivity index (χ2v) is 9.27. The molecular weight excluding hydrogens is 356 g/mol. The van der Waals surface area contributed by atoms with E-state index >= 15 is 0 Å². The van der Waals surface area contributed by atoms with Gasteiger partial charge in [0.15, 0.2) is 0 Å². The molecular formula is C23H25ClN2O. The van der Waals surface area contributed by atoms with Crippen LogP contribution in [-0.4, -0.2) is 10.9 Å². The highest BCUT2D eigenvalue weighted by Crippen LogP contribution is 2.66. The fraction of sp³-hybridized carbons (Fsp3) is 0.478. The van der Waals surface area contributed by atoms with E-state index in [1.54, 1.807) is 12.4 Å². The predicted octanol–water partition coefficient (Wildman–Crippen LogP) is 4.96. The summed E-state index contributed by atoms with van der Waals surface area (Å²) in [4.78, 5) is 17.6. The Balaban J connectivity index is 1.46. The molecule has 3 unspecified atom stereocenters. The van der Waals surface area contributed by atoms with Crippen molar-refractivity contribution in [2.45, 2.75) is 44.6 Å². The zero-order chi connectivity index (χ0) is 18.4. The number of benzene rings is 1. The number of hydrogen-bond acceptors (Lipinski definition) is 2. The normalized spacial score (nSPS) is 33.8. The van der Waals surface area contributed by atoms with Crippen molar-refractivity contribution in [2.75, 3.05) is 0 Å². The Labute approximate surface area is 165 Å². The monoisotopic (exact) mass is 380 g/mol. The molecule has 1 heterocycles. The van der Waals surface area contributed by atoms with Crippen LogP contribution >= 0.6 is 11.6 Å². The van der Waals surface area contributed by atoms with Gasteiger partial charge in [0.1, 0.15) is 0 Å². The largest absolute Gasteiger partial charge is 0.352 e. The van der Waals surface area contributed by atoms with E-state index in [-0.39, 0.29) is 11.3 Å².